The molecule has 1 amide bonds. The molecule has 1 aliphatic rings. The molecule has 1 aliphatic heterocycles. The van der Waals surface area contributed by atoms with Crippen LogP contribution in [-0.2, 0) is 16.0 Å². The number of carbonyl (C=O) groups is 2. The first kappa shape index (κ1) is 16.9. The third-order valence-corrected chi connectivity index (χ3v) is 3.84. The smallest absolute Gasteiger partial charge is 0.387 e. The van der Waals surface area contributed by atoms with Gasteiger partial charge < -0.3 is 14.4 Å². The van der Waals surface area contributed by atoms with Gasteiger partial charge in [-0.3, -0.25) is 4.79 Å². The molecule has 0 atom stereocenters. The van der Waals surface area contributed by atoms with Gasteiger partial charge in [0, 0.05) is 12.2 Å². The van der Waals surface area contributed by atoms with E-state index in [4.69, 9.17) is 4.74 Å². The summed E-state index contributed by atoms with van der Waals surface area (Å²) < 4.78 is 34.1. The molecule has 5 nitrogen and oxygen atoms in total. The Hall–Kier alpha value is -2.96. The van der Waals surface area contributed by atoms with E-state index in [9.17, 15) is 18.4 Å². The summed E-state index contributed by atoms with van der Waals surface area (Å²) in [5.74, 6) is -1.55. The number of nitrogens with zero attached hydrogens (tertiary/aromatic N) is 1. The standard InChI is InChI=1S/C18H15F2NO4/c19-18(20)25-15-8-4-2-6-13(15)17(23)24-11-16(22)21-10-9-12-5-1-3-7-14(12)21/h1-8,18H,9-11H2. The molecule has 0 bridgehead atoms. The maximum absolute atomic E-state index is 12.4. The first-order valence-corrected chi connectivity index (χ1v) is 7.65. The number of alkyl halides is 2. The van der Waals surface area contributed by atoms with Gasteiger partial charge in [-0.1, -0.05) is 30.3 Å². The molecule has 2 aromatic carbocycles. The van der Waals surface area contributed by atoms with Crippen molar-refractivity contribution in [2.45, 2.75) is 13.0 Å². The van der Waals surface area contributed by atoms with Crippen LogP contribution in [0.1, 0.15) is 15.9 Å². The van der Waals surface area contributed by atoms with E-state index >= 15 is 0 Å². The zero-order valence-corrected chi connectivity index (χ0v) is 13.2. The van der Waals surface area contributed by atoms with Crippen LogP contribution in [0.25, 0.3) is 0 Å². The summed E-state index contributed by atoms with van der Waals surface area (Å²) in [4.78, 5) is 25.9. The predicted octanol–water partition coefficient (Wildman–Crippen LogP) is 3.03. The quantitative estimate of drug-likeness (QED) is 0.780. The average molecular weight is 347 g/mol. The zero-order chi connectivity index (χ0) is 17.8. The number of anilines is 1. The number of benzene rings is 2. The van der Waals surface area contributed by atoms with Crippen molar-refractivity contribution in [3.63, 3.8) is 0 Å². The summed E-state index contributed by atoms with van der Waals surface area (Å²) in [6.07, 6.45) is 0.737. The summed E-state index contributed by atoms with van der Waals surface area (Å²) in [5.41, 5.74) is 1.69. The van der Waals surface area contributed by atoms with Gasteiger partial charge in [0.25, 0.3) is 5.91 Å². The van der Waals surface area contributed by atoms with E-state index in [1.54, 1.807) is 4.90 Å². The van der Waals surface area contributed by atoms with Crippen LogP contribution in [0, 0.1) is 0 Å². The number of halogens is 2. The number of hydrogen-bond donors (Lipinski definition) is 0. The number of rotatable bonds is 5. The number of fused-ring (bicyclic) bond motifs is 1. The zero-order valence-electron chi connectivity index (χ0n) is 13.2. The molecule has 0 aliphatic carbocycles. The van der Waals surface area contributed by atoms with E-state index in [0.717, 1.165) is 17.7 Å². The van der Waals surface area contributed by atoms with E-state index in [1.807, 2.05) is 24.3 Å². The van der Waals surface area contributed by atoms with Gasteiger partial charge in [-0.2, -0.15) is 8.78 Å². The highest BCUT2D eigenvalue weighted by molar-refractivity contribution is 5.99. The molecular weight excluding hydrogens is 332 g/mol. The highest BCUT2D eigenvalue weighted by atomic mass is 19.3. The minimum Gasteiger partial charge on any atom is -0.452 e. The third kappa shape index (κ3) is 3.76. The van der Waals surface area contributed by atoms with Crippen molar-refractivity contribution in [3.8, 4) is 5.75 Å². The number of para-hydroxylation sites is 2. The van der Waals surface area contributed by atoms with Gasteiger partial charge in [0.15, 0.2) is 6.61 Å². The Labute approximate surface area is 142 Å². The lowest BCUT2D eigenvalue weighted by Crippen LogP contribution is -2.33. The molecule has 0 aromatic heterocycles. The van der Waals surface area contributed by atoms with Crippen LogP contribution in [0.2, 0.25) is 0 Å². The van der Waals surface area contributed by atoms with Gasteiger partial charge in [-0.15, -0.1) is 0 Å². The first-order valence-electron chi connectivity index (χ1n) is 7.65. The molecule has 0 spiro atoms. The van der Waals surface area contributed by atoms with Crippen LogP contribution in [0.3, 0.4) is 0 Å². The van der Waals surface area contributed by atoms with E-state index in [0.29, 0.717) is 6.54 Å². The van der Waals surface area contributed by atoms with Crippen molar-refractivity contribution >= 4 is 17.6 Å². The van der Waals surface area contributed by atoms with Crippen molar-refractivity contribution in [2.75, 3.05) is 18.1 Å². The van der Waals surface area contributed by atoms with Gasteiger partial charge in [0.05, 0.1) is 0 Å². The van der Waals surface area contributed by atoms with Crippen LogP contribution in [0.4, 0.5) is 14.5 Å². The molecule has 25 heavy (non-hydrogen) atoms. The summed E-state index contributed by atoms with van der Waals surface area (Å²) in [7, 11) is 0. The lowest BCUT2D eigenvalue weighted by Gasteiger charge is -2.17. The lowest BCUT2D eigenvalue weighted by atomic mass is 10.2. The maximum Gasteiger partial charge on any atom is 0.387 e. The lowest BCUT2D eigenvalue weighted by molar-refractivity contribution is -0.121. The van der Waals surface area contributed by atoms with Gasteiger partial charge >= 0.3 is 12.6 Å². The Kier molecular flexibility index (Phi) is 4.92. The number of amides is 1. The van der Waals surface area contributed by atoms with Gasteiger partial charge in [-0.25, -0.2) is 4.79 Å². The summed E-state index contributed by atoms with van der Waals surface area (Å²) in [6, 6.07) is 13.0. The second-order valence-electron chi connectivity index (χ2n) is 5.37. The van der Waals surface area contributed by atoms with Crippen molar-refractivity contribution in [2.24, 2.45) is 0 Å². The Morgan fingerprint density at radius 2 is 1.80 bits per heavy atom. The normalized spacial score (nSPS) is 12.8. The van der Waals surface area contributed by atoms with Crippen LogP contribution < -0.4 is 9.64 Å². The SMILES string of the molecule is O=C(OCC(=O)N1CCc2ccccc21)c1ccccc1OC(F)F. The molecule has 2 aromatic rings. The van der Waals surface area contributed by atoms with Gasteiger partial charge in [0.2, 0.25) is 0 Å². The average Bonchev–Trinajstić information content (AvgIpc) is 3.03. The van der Waals surface area contributed by atoms with Crippen LogP contribution in [0.5, 0.6) is 5.75 Å². The van der Waals surface area contributed by atoms with Crippen LogP contribution in [0.15, 0.2) is 48.5 Å². The Balaban J connectivity index is 1.64. The first-order chi connectivity index (χ1) is 12.1. The largest absolute Gasteiger partial charge is 0.452 e. The second kappa shape index (κ2) is 7.29. The maximum atomic E-state index is 12.4. The molecule has 7 heteroatoms. The van der Waals surface area contributed by atoms with E-state index in [1.165, 1.54) is 24.3 Å². The molecule has 3 rings (SSSR count). The number of esters is 1. The topological polar surface area (TPSA) is 55.8 Å². The minimum atomic E-state index is -3.06. The van der Waals surface area contributed by atoms with Gasteiger partial charge in [-0.05, 0) is 30.2 Å². The number of hydrogen-bond acceptors (Lipinski definition) is 4. The summed E-state index contributed by atoms with van der Waals surface area (Å²) >= 11 is 0. The molecule has 130 valence electrons. The molecule has 0 fully saturated rings. The van der Waals surface area contributed by atoms with Crippen LogP contribution in [-0.4, -0.2) is 31.6 Å². The molecule has 1 heterocycles. The Morgan fingerprint density at radius 3 is 2.60 bits per heavy atom. The fourth-order valence-corrected chi connectivity index (χ4v) is 2.71. The van der Waals surface area contributed by atoms with Crippen molar-refractivity contribution in [3.05, 3.63) is 59.7 Å². The highest BCUT2D eigenvalue weighted by Crippen LogP contribution is 2.27. The fraction of sp³-hybridized carbons (Fsp3) is 0.222. The molecule has 0 saturated heterocycles. The highest BCUT2D eigenvalue weighted by Gasteiger charge is 2.25. The molecule has 0 saturated carbocycles. The summed E-state index contributed by atoms with van der Waals surface area (Å²) in [5, 5.41) is 0. The van der Waals surface area contributed by atoms with Crippen molar-refractivity contribution < 1.29 is 27.8 Å². The van der Waals surface area contributed by atoms with Crippen LogP contribution >= 0.6 is 0 Å². The third-order valence-electron chi connectivity index (χ3n) is 3.84. The molecule has 0 N–H and O–H groups in total. The monoisotopic (exact) mass is 347 g/mol. The minimum absolute atomic E-state index is 0.155. The van der Waals surface area contributed by atoms with Crippen molar-refractivity contribution in [1.29, 1.82) is 0 Å². The second-order valence-corrected chi connectivity index (χ2v) is 5.37. The van der Waals surface area contributed by atoms with Crippen molar-refractivity contribution in [1.82, 2.24) is 0 Å². The number of carbonyl (C=O) groups excluding carboxylic acids is 2. The molecule has 0 unspecified atom stereocenters. The van der Waals surface area contributed by atoms with E-state index in [2.05, 4.69) is 4.74 Å². The van der Waals surface area contributed by atoms with Gasteiger partial charge in [0.1, 0.15) is 11.3 Å². The Bertz CT molecular complexity index is 794. The fourth-order valence-electron chi connectivity index (χ4n) is 2.71. The van der Waals surface area contributed by atoms with E-state index < -0.39 is 19.2 Å². The molecular formula is C18H15F2NO4. The summed E-state index contributed by atoms with van der Waals surface area (Å²) in [6.45, 7) is -3.02. The van der Waals surface area contributed by atoms with E-state index in [-0.39, 0.29) is 17.2 Å². The molecule has 0 radical (unpaired) electrons. The number of ether oxygens (including phenoxy) is 2. The Morgan fingerprint density at radius 1 is 1.08 bits per heavy atom. The predicted molar refractivity (Wildman–Crippen MR) is 85.9 cm³/mol.